The SMILES string of the molecule is CC(C)C(C(=O)NCC1(N2CCCCC2)CCCCC1)N1CCCC1=O. The molecule has 1 unspecified atom stereocenters. The lowest BCUT2D eigenvalue weighted by molar-refractivity contribution is -0.139. The molecule has 2 saturated heterocycles. The zero-order valence-electron chi connectivity index (χ0n) is 16.8. The van der Waals surface area contributed by atoms with Gasteiger partial charge in [0, 0.05) is 25.0 Å². The summed E-state index contributed by atoms with van der Waals surface area (Å²) in [5.41, 5.74) is 0.144. The molecule has 1 saturated carbocycles. The average Bonchev–Trinajstić information content (AvgIpc) is 3.07. The predicted octanol–water partition coefficient (Wildman–Crippen LogP) is 2.94. The Hall–Kier alpha value is -1.10. The van der Waals surface area contributed by atoms with E-state index >= 15 is 0 Å². The van der Waals surface area contributed by atoms with E-state index in [-0.39, 0.29) is 29.3 Å². The first-order valence-electron chi connectivity index (χ1n) is 10.9. The molecule has 26 heavy (non-hydrogen) atoms. The molecule has 2 heterocycles. The van der Waals surface area contributed by atoms with Gasteiger partial charge in [0.1, 0.15) is 6.04 Å². The first-order chi connectivity index (χ1) is 12.5. The van der Waals surface area contributed by atoms with Gasteiger partial charge < -0.3 is 10.2 Å². The first kappa shape index (κ1) is 19.7. The van der Waals surface area contributed by atoms with Crippen LogP contribution in [0.15, 0.2) is 0 Å². The van der Waals surface area contributed by atoms with Crippen molar-refractivity contribution in [3.63, 3.8) is 0 Å². The van der Waals surface area contributed by atoms with Crippen LogP contribution in [0.25, 0.3) is 0 Å². The Kier molecular flexibility index (Phi) is 6.60. The highest BCUT2D eigenvalue weighted by Crippen LogP contribution is 2.35. The number of hydrogen-bond donors (Lipinski definition) is 1. The number of nitrogens with zero attached hydrogens (tertiary/aromatic N) is 2. The van der Waals surface area contributed by atoms with Crippen molar-refractivity contribution < 1.29 is 9.59 Å². The Morgan fingerprint density at radius 3 is 2.23 bits per heavy atom. The van der Waals surface area contributed by atoms with Crippen LogP contribution in [0.1, 0.15) is 78.1 Å². The van der Waals surface area contributed by atoms with E-state index in [2.05, 4.69) is 24.1 Å². The fourth-order valence-electron chi connectivity index (χ4n) is 5.31. The van der Waals surface area contributed by atoms with Crippen molar-refractivity contribution >= 4 is 11.8 Å². The van der Waals surface area contributed by atoms with E-state index in [0.717, 1.165) is 19.5 Å². The molecular formula is C21H37N3O2. The third kappa shape index (κ3) is 4.24. The molecule has 0 spiro atoms. The van der Waals surface area contributed by atoms with Gasteiger partial charge in [-0.25, -0.2) is 0 Å². The van der Waals surface area contributed by atoms with Crippen molar-refractivity contribution in [1.29, 1.82) is 0 Å². The fraction of sp³-hybridized carbons (Fsp3) is 0.905. The molecule has 2 amide bonds. The number of rotatable bonds is 6. The number of carbonyl (C=O) groups excluding carboxylic acids is 2. The number of carbonyl (C=O) groups is 2. The molecule has 1 aliphatic carbocycles. The monoisotopic (exact) mass is 363 g/mol. The van der Waals surface area contributed by atoms with Crippen molar-refractivity contribution in [2.75, 3.05) is 26.2 Å². The summed E-state index contributed by atoms with van der Waals surface area (Å²) in [7, 11) is 0. The van der Waals surface area contributed by atoms with Gasteiger partial charge in [-0.1, -0.05) is 39.5 Å². The third-order valence-electron chi connectivity index (χ3n) is 6.75. The second-order valence-corrected chi connectivity index (χ2v) is 8.93. The third-order valence-corrected chi connectivity index (χ3v) is 6.75. The van der Waals surface area contributed by atoms with Crippen LogP contribution in [0.2, 0.25) is 0 Å². The summed E-state index contributed by atoms with van der Waals surface area (Å²) < 4.78 is 0. The van der Waals surface area contributed by atoms with Crippen LogP contribution >= 0.6 is 0 Å². The van der Waals surface area contributed by atoms with E-state index in [1.54, 1.807) is 0 Å². The quantitative estimate of drug-likeness (QED) is 0.789. The lowest BCUT2D eigenvalue weighted by Gasteiger charge is -2.48. The van der Waals surface area contributed by atoms with Gasteiger partial charge in [-0.3, -0.25) is 14.5 Å². The maximum atomic E-state index is 13.1. The van der Waals surface area contributed by atoms with Gasteiger partial charge in [-0.15, -0.1) is 0 Å². The molecule has 5 nitrogen and oxygen atoms in total. The van der Waals surface area contributed by atoms with Gasteiger partial charge in [-0.05, 0) is 51.1 Å². The van der Waals surface area contributed by atoms with Crippen LogP contribution in [0.4, 0.5) is 0 Å². The lowest BCUT2D eigenvalue weighted by atomic mass is 9.79. The minimum Gasteiger partial charge on any atom is -0.352 e. The second-order valence-electron chi connectivity index (χ2n) is 8.93. The van der Waals surface area contributed by atoms with Crippen molar-refractivity contribution in [2.45, 2.75) is 89.6 Å². The lowest BCUT2D eigenvalue weighted by Crippen LogP contribution is -2.60. The van der Waals surface area contributed by atoms with Gasteiger partial charge in [0.25, 0.3) is 0 Å². The van der Waals surface area contributed by atoms with E-state index in [1.807, 2.05) is 4.90 Å². The van der Waals surface area contributed by atoms with E-state index in [1.165, 1.54) is 64.5 Å². The van der Waals surface area contributed by atoms with E-state index in [0.29, 0.717) is 6.42 Å². The van der Waals surface area contributed by atoms with Crippen LogP contribution in [-0.4, -0.2) is 59.4 Å². The number of hydrogen-bond acceptors (Lipinski definition) is 3. The highest BCUT2D eigenvalue weighted by atomic mass is 16.2. The Morgan fingerprint density at radius 1 is 1.00 bits per heavy atom. The standard InChI is InChI=1S/C21H37N3O2/c1-17(2)19(24-15-9-10-18(24)25)20(26)22-16-21(11-5-3-6-12-21)23-13-7-4-8-14-23/h17,19H,3-16H2,1-2H3,(H,22,26). The van der Waals surface area contributed by atoms with Crippen molar-refractivity contribution in [1.82, 2.24) is 15.1 Å². The molecule has 1 N–H and O–H groups in total. The van der Waals surface area contributed by atoms with Gasteiger partial charge >= 0.3 is 0 Å². The molecule has 148 valence electrons. The summed E-state index contributed by atoms with van der Waals surface area (Å²) in [4.78, 5) is 29.7. The summed E-state index contributed by atoms with van der Waals surface area (Å²) in [6, 6.07) is -0.313. The summed E-state index contributed by atoms with van der Waals surface area (Å²) in [5, 5.41) is 3.29. The smallest absolute Gasteiger partial charge is 0.243 e. The zero-order chi connectivity index (χ0) is 18.6. The molecule has 3 fully saturated rings. The summed E-state index contributed by atoms with van der Waals surface area (Å²) in [6.45, 7) is 7.93. The molecule has 2 aliphatic heterocycles. The van der Waals surface area contributed by atoms with Crippen LogP contribution in [0.5, 0.6) is 0 Å². The van der Waals surface area contributed by atoms with Gasteiger partial charge in [-0.2, -0.15) is 0 Å². The summed E-state index contributed by atoms with van der Waals surface area (Å²) in [6.07, 6.45) is 11.6. The highest BCUT2D eigenvalue weighted by molar-refractivity contribution is 5.88. The Bertz CT molecular complexity index is 493. The van der Waals surface area contributed by atoms with Crippen molar-refractivity contribution in [3.05, 3.63) is 0 Å². The Morgan fingerprint density at radius 2 is 1.65 bits per heavy atom. The highest BCUT2D eigenvalue weighted by Gasteiger charge is 2.40. The number of likely N-dealkylation sites (tertiary alicyclic amines) is 2. The van der Waals surface area contributed by atoms with Crippen LogP contribution < -0.4 is 5.32 Å². The molecular weight excluding hydrogens is 326 g/mol. The second kappa shape index (κ2) is 8.73. The largest absolute Gasteiger partial charge is 0.352 e. The van der Waals surface area contributed by atoms with E-state index in [9.17, 15) is 9.59 Å². The van der Waals surface area contributed by atoms with Crippen LogP contribution in [0.3, 0.4) is 0 Å². The average molecular weight is 364 g/mol. The number of amides is 2. The molecule has 0 radical (unpaired) electrons. The summed E-state index contributed by atoms with van der Waals surface area (Å²) in [5.74, 6) is 0.341. The van der Waals surface area contributed by atoms with E-state index in [4.69, 9.17) is 0 Å². The minimum absolute atomic E-state index is 0.0530. The molecule has 5 heteroatoms. The normalized spacial score (nSPS) is 25.5. The van der Waals surface area contributed by atoms with Gasteiger partial charge in [0.05, 0.1) is 0 Å². The Balaban J connectivity index is 1.66. The maximum absolute atomic E-state index is 13.1. The van der Waals surface area contributed by atoms with Crippen LogP contribution in [0, 0.1) is 5.92 Å². The van der Waals surface area contributed by atoms with Crippen LogP contribution in [-0.2, 0) is 9.59 Å². The topological polar surface area (TPSA) is 52.7 Å². The summed E-state index contributed by atoms with van der Waals surface area (Å²) >= 11 is 0. The van der Waals surface area contributed by atoms with E-state index < -0.39 is 0 Å². The number of nitrogens with one attached hydrogen (secondary N) is 1. The molecule has 0 bridgehead atoms. The van der Waals surface area contributed by atoms with Crippen molar-refractivity contribution in [3.8, 4) is 0 Å². The Labute approximate surface area is 158 Å². The van der Waals surface area contributed by atoms with Crippen molar-refractivity contribution in [2.24, 2.45) is 5.92 Å². The molecule has 3 aliphatic rings. The molecule has 0 aromatic heterocycles. The molecule has 1 atom stereocenters. The van der Waals surface area contributed by atoms with Gasteiger partial charge in [0.15, 0.2) is 0 Å². The molecule has 3 rings (SSSR count). The first-order valence-corrected chi connectivity index (χ1v) is 10.9. The maximum Gasteiger partial charge on any atom is 0.243 e. The zero-order valence-corrected chi connectivity index (χ0v) is 16.8. The number of piperidine rings is 1. The predicted molar refractivity (Wildman–Crippen MR) is 104 cm³/mol. The molecule has 0 aromatic carbocycles. The minimum atomic E-state index is -0.313. The van der Waals surface area contributed by atoms with Gasteiger partial charge in [0.2, 0.25) is 11.8 Å². The molecule has 0 aromatic rings. The fourth-order valence-corrected chi connectivity index (χ4v) is 5.31.